The van der Waals surface area contributed by atoms with Crippen LogP contribution >= 0.6 is 0 Å². The first-order valence-electron chi connectivity index (χ1n) is 7.11. The highest BCUT2D eigenvalue weighted by molar-refractivity contribution is 4.83. The standard InChI is InChI=1S/C14H26O2/c1-3-12(4-2)13-8-7-10-14(16-13)9-5-6-11-15-14/h12-13H,3-11H2,1-2H3/t13-,14+/m0/s1. The molecule has 0 aliphatic carbocycles. The van der Waals surface area contributed by atoms with Crippen LogP contribution in [0.15, 0.2) is 0 Å². The summed E-state index contributed by atoms with van der Waals surface area (Å²) < 4.78 is 12.3. The second kappa shape index (κ2) is 5.50. The first kappa shape index (κ1) is 12.4. The van der Waals surface area contributed by atoms with E-state index < -0.39 is 0 Å². The third kappa shape index (κ3) is 2.60. The van der Waals surface area contributed by atoms with E-state index in [0.717, 1.165) is 25.4 Å². The van der Waals surface area contributed by atoms with Gasteiger partial charge in [-0.3, -0.25) is 0 Å². The average Bonchev–Trinajstić information content (AvgIpc) is 2.32. The highest BCUT2D eigenvalue weighted by Gasteiger charge is 2.41. The van der Waals surface area contributed by atoms with Crippen molar-refractivity contribution in [3.8, 4) is 0 Å². The molecular weight excluding hydrogens is 200 g/mol. The van der Waals surface area contributed by atoms with Gasteiger partial charge in [0.2, 0.25) is 0 Å². The Labute approximate surface area is 99.7 Å². The quantitative estimate of drug-likeness (QED) is 0.727. The molecule has 2 heteroatoms. The van der Waals surface area contributed by atoms with E-state index in [1.54, 1.807) is 0 Å². The van der Waals surface area contributed by atoms with Crippen LogP contribution in [0.5, 0.6) is 0 Å². The van der Waals surface area contributed by atoms with E-state index in [1.165, 1.54) is 38.5 Å². The minimum absolute atomic E-state index is 0.191. The van der Waals surface area contributed by atoms with Crippen LogP contribution in [0.4, 0.5) is 0 Å². The highest BCUT2D eigenvalue weighted by atomic mass is 16.7. The number of hydrogen-bond acceptors (Lipinski definition) is 2. The average molecular weight is 226 g/mol. The Morgan fingerprint density at radius 2 is 1.88 bits per heavy atom. The lowest BCUT2D eigenvalue weighted by Gasteiger charge is -2.45. The molecule has 2 atom stereocenters. The van der Waals surface area contributed by atoms with Gasteiger partial charge in [0.05, 0.1) is 12.7 Å². The third-order valence-corrected chi connectivity index (χ3v) is 4.30. The zero-order chi connectivity index (χ0) is 11.4. The van der Waals surface area contributed by atoms with Gasteiger partial charge in [0, 0.05) is 12.8 Å². The zero-order valence-corrected chi connectivity index (χ0v) is 10.8. The Morgan fingerprint density at radius 1 is 1.12 bits per heavy atom. The lowest BCUT2D eigenvalue weighted by Crippen LogP contribution is -2.47. The SMILES string of the molecule is CCC(CC)[C@@H]1CCC[C@@]2(CCCCO2)O1. The molecule has 2 aliphatic rings. The molecule has 2 nitrogen and oxygen atoms in total. The second-order valence-corrected chi connectivity index (χ2v) is 5.34. The molecule has 0 aromatic heterocycles. The predicted octanol–water partition coefficient (Wildman–Crippen LogP) is 3.89. The molecule has 2 aliphatic heterocycles. The van der Waals surface area contributed by atoms with Crippen molar-refractivity contribution in [2.45, 2.75) is 77.1 Å². The molecule has 1 spiro atoms. The molecule has 0 aromatic rings. The highest BCUT2D eigenvalue weighted by Crippen LogP contribution is 2.39. The number of ether oxygens (including phenoxy) is 2. The predicted molar refractivity (Wildman–Crippen MR) is 65.3 cm³/mol. The molecule has 0 N–H and O–H groups in total. The van der Waals surface area contributed by atoms with Crippen LogP contribution in [-0.4, -0.2) is 18.5 Å². The molecule has 0 unspecified atom stereocenters. The fourth-order valence-electron chi connectivity index (χ4n) is 3.23. The summed E-state index contributed by atoms with van der Waals surface area (Å²) in [4.78, 5) is 0. The molecule has 0 radical (unpaired) electrons. The van der Waals surface area contributed by atoms with E-state index >= 15 is 0 Å². The van der Waals surface area contributed by atoms with Gasteiger partial charge in [-0.2, -0.15) is 0 Å². The normalized spacial score (nSPS) is 35.8. The molecular formula is C14H26O2. The van der Waals surface area contributed by atoms with Gasteiger partial charge < -0.3 is 9.47 Å². The molecule has 2 fully saturated rings. The van der Waals surface area contributed by atoms with E-state index in [1.807, 2.05) is 0 Å². The van der Waals surface area contributed by atoms with Crippen LogP contribution in [-0.2, 0) is 9.47 Å². The van der Waals surface area contributed by atoms with Crippen LogP contribution in [0.3, 0.4) is 0 Å². The molecule has 0 bridgehead atoms. The minimum atomic E-state index is -0.191. The summed E-state index contributed by atoms with van der Waals surface area (Å²) in [6, 6.07) is 0. The molecule has 2 heterocycles. The first-order chi connectivity index (χ1) is 7.79. The van der Waals surface area contributed by atoms with Gasteiger partial charge in [-0.05, 0) is 31.6 Å². The van der Waals surface area contributed by atoms with Crippen molar-refractivity contribution in [2.75, 3.05) is 6.61 Å². The smallest absolute Gasteiger partial charge is 0.168 e. The molecule has 94 valence electrons. The monoisotopic (exact) mass is 226 g/mol. The Hall–Kier alpha value is -0.0800. The molecule has 0 saturated carbocycles. The molecule has 16 heavy (non-hydrogen) atoms. The fourth-order valence-corrected chi connectivity index (χ4v) is 3.23. The van der Waals surface area contributed by atoms with Crippen molar-refractivity contribution < 1.29 is 9.47 Å². The molecule has 0 amide bonds. The van der Waals surface area contributed by atoms with Crippen molar-refractivity contribution in [1.82, 2.24) is 0 Å². The van der Waals surface area contributed by atoms with Crippen molar-refractivity contribution in [2.24, 2.45) is 5.92 Å². The summed E-state index contributed by atoms with van der Waals surface area (Å²) in [6.45, 7) is 5.46. The number of rotatable bonds is 3. The molecule has 0 aromatic carbocycles. The minimum Gasteiger partial charge on any atom is -0.350 e. The Kier molecular flexibility index (Phi) is 4.26. The van der Waals surface area contributed by atoms with E-state index in [-0.39, 0.29) is 5.79 Å². The topological polar surface area (TPSA) is 18.5 Å². The Bertz CT molecular complexity index is 199. The lowest BCUT2D eigenvalue weighted by molar-refractivity contribution is -0.302. The van der Waals surface area contributed by atoms with Gasteiger partial charge in [0.1, 0.15) is 0 Å². The second-order valence-electron chi connectivity index (χ2n) is 5.34. The van der Waals surface area contributed by atoms with Crippen molar-refractivity contribution in [1.29, 1.82) is 0 Å². The van der Waals surface area contributed by atoms with Crippen LogP contribution < -0.4 is 0 Å². The number of hydrogen-bond donors (Lipinski definition) is 0. The van der Waals surface area contributed by atoms with Crippen molar-refractivity contribution in [3.63, 3.8) is 0 Å². The van der Waals surface area contributed by atoms with E-state index in [0.29, 0.717) is 6.10 Å². The Morgan fingerprint density at radius 3 is 2.50 bits per heavy atom. The summed E-state index contributed by atoms with van der Waals surface area (Å²) in [5.74, 6) is 0.534. The van der Waals surface area contributed by atoms with Crippen molar-refractivity contribution >= 4 is 0 Å². The summed E-state index contributed by atoms with van der Waals surface area (Å²) in [5.41, 5.74) is 0. The third-order valence-electron chi connectivity index (χ3n) is 4.30. The van der Waals surface area contributed by atoms with Gasteiger partial charge >= 0.3 is 0 Å². The summed E-state index contributed by atoms with van der Waals surface area (Å²) in [7, 11) is 0. The fraction of sp³-hybridized carbons (Fsp3) is 1.00. The van der Waals surface area contributed by atoms with Crippen LogP contribution in [0.1, 0.15) is 65.2 Å². The maximum Gasteiger partial charge on any atom is 0.168 e. The maximum atomic E-state index is 6.34. The zero-order valence-electron chi connectivity index (χ0n) is 10.8. The maximum absolute atomic E-state index is 6.34. The van der Waals surface area contributed by atoms with E-state index in [4.69, 9.17) is 9.47 Å². The molecule has 2 saturated heterocycles. The van der Waals surface area contributed by atoms with Crippen LogP contribution in [0.2, 0.25) is 0 Å². The lowest BCUT2D eigenvalue weighted by atomic mass is 9.87. The van der Waals surface area contributed by atoms with Crippen LogP contribution in [0, 0.1) is 5.92 Å². The summed E-state index contributed by atoms with van der Waals surface area (Å²) in [5, 5.41) is 0. The largest absolute Gasteiger partial charge is 0.350 e. The van der Waals surface area contributed by atoms with Crippen LogP contribution in [0.25, 0.3) is 0 Å². The molecule has 2 rings (SSSR count). The van der Waals surface area contributed by atoms with Gasteiger partial charge in [0.25, 0.3) is 0 Å². The van der Waals surface area contributed by atoms with Gasteiger partial charge in [0.15, 0.2) is 5.79 Å². The van der Waals surface area contributed by atoms with Crippen molar-refractivity contribution in [3.05, 3.63) is 0 Å². The van der Waals surface area contributed by atoms with E-state index in [9.17, 15) is 0 Å². The van der Waals surface area contributed by atoms with E-state index in [2.05, 4.69) is 13.8 Å². The first-order valence-corrected chi connectivity index (χ1v) is 7.11. The van der Waals surface area contributed by atoms with Gasteiger partial charge in [-0.15, -0.1) is 0 Å². The Balaban J connectivity index is 1.97. The van der Waals surface area contributed by atoms with Gasteiger partial charge in [-0.25, -0.2) is 0 Å². The summed E-state index contributed by atoms with van der Waals surface area (Å²) in [6.07, 6.45) is 10.1. The summed E-state index contributed by atoms with van der Waals surface area (Å²) >= 11 is 0. The van der Waals surface area contributed by atoms with Gasteiger partial charge in [-0.1, -0.05) is 26.7 Å².